The third-order valence-corrected chi connectivity index (χ3v) is 4.59. The van der Waals surface area contributed by atoms with Gasteiger partial charge >= 0.3 is 0 Å². The monoisotopic (exact) mass is 265 g/mol. The molecular formula is C10H23N3O3S. The van der Waals surface area contributed by atoms with Gasteiger partial charge in [0.25, 0.3) is 10.2 Å². The highest BCUT2D eigenvalue weighted by atomic mass is 32.2. The van der Waals surface area contributed by atoms with Gasteiger partial charge in [-0.15, -0.1) is 0 Å². The molecule has 2 atom stereocenters. The van der Waals surface area contributed by atoms with E-state index in [-0.39, 0.29) is 12.1 Å². The lowest BCUT2D eigenvalue weighted by Gasteiger charge is -2.22. The summed E-state index contributed by atoms with van der Waals surface area (Å²) in [7, 11) is 0.0657. The first-order chi connectivity index (χ1) is 7.97. The molecule has 0 saturated carbocycles. The van der Waals surface area contributed by atoms with E-state index in [0.717, 1.165) is 19.4 Å². The van der Waals surface area contributed by atoms with Gasteiger partial charge in [0.15, 0.2) is 0 Å². The Morgan fingerprint density at radius 1 is 1.47 bits per heavy atom. The van der Waals surface area contributed by atoms with Gasteiger partial charge in [-0.05, 0) is 33.4 Å². The van der Waals surface area contributed by atoms with Crippen molar-refractivity contribution in [2.45, 2.75) is 31.9 Å². The van der Waals surface area contributed by atoms with Crippen LogP contribution >= 0.6 is 0 Å². The summed E-state index contributed by atoms with van der Waals surface area (Å²) >= 11 is 0. The molecule has 102 valence electrons. The molecule has 0 amide bonds. The van der Waals surface area contributed by atoms with Crippen molar-refractivity contribution in [3.8, 4) is 0 Å². The standard InChI is InChI=1S/C10H23N3O3S/c1-9-10(5-8-16-9)12-17(14,15)13(3)7-4-6-11-2/h9-12H,4-8H2,1-3H3. The number of nitrogens with zero attached hydrogens (tertiary/aromatic N) is 1. The predicted molar refractivity (Wildman–Crippen MR) is 67.0 cm³/mol. The third kappa shape index (κ3) is 4.51. The fourth-order valence-electron chi connectivity index (χ4n) is 1.77. The summed E-state index contributed by atoms with van der Waals surface area (Å²) in [4.78, 5) is 0. The summed E-state index contributed by atoms with van der Waals surface area (Å²) in [5.74, 6) is 0. The lowest BCUT2D eigenvalue weighted by molar-refractivity contribution is 0.116. The summed E-state index contributed by atoms with van der Waals surface area (Å²) in [6.45, 7) is 3.83. The largest absolute Gasteiger partial charge is 0.377 e. The van der Waals surface area contributed by atoms with E-state index in [1.807, 2.05) is 14.0 Å². The van der Waals surface area contributed by atoms with Crippen LogP contribution in [0.15, 0.2) is 0 Å². The van der Waals surface area contributed by atoms with Gasteiger partial charge in [-0.1, -0.05) is 0 Å². The van der Waals surface area contributed by atoms with E-state index < -0.39 is 10.2 Å². The lowest BCUT2D eigenvalue weighted by atomic mass is 10.2. The molecule has 1 heterocycles. The zero-order valence-electron chi connectivity index (χ0n) is 10.8. The number of hydrogen-bond acceptors (Lipinski definition) is 4. The van der Waals surface area contributed by atoms with E-state index in [1.54, 1.807) is 7.05 Å². The second kappa shape index (κ2) is 6.65. The van der Waals surface area contributed by atoms with Crippen molar-refractivity contribution in [2.75, 3.05) is 33.8 Å². The van der Waals surface area contributed by atoms with Crippen molar-refractivity contribution in [1.82, 2.24) is 14.3 Å². The Balaban J connectivity index is 2.43. The van der Waals surface area contributed by atoms with Crippen LogP contribution in [0.4, 0.5) is 0 Å². The van der Waals surface area contributed by atoms with Gasteiger partial charge in [0.1, 0.15) is 0 Å². The molecule has 0 aliphatic carbocycles. The molecule has 0 radical (unpaired) electrons. The van der Waals surface area contributed by atoms with E-state index >= 15 is 0 Å². The zero-order chi connectivity index (χ0) is 12.9. The van der Waals surface area contributed by atoms with Crippen molar-refractivity contribution >= 4 is 10.2 Å². The van der Waals surface area contributed by atoms with E-state index in [1.165, 1.54) is 4.31 Å². The molecule has 17 heavy (non-hydrogen) atoms. The molecule has 0 spiro atoms. The van der Waals surface area contributed by atoms with Crippen molar-refractivity contribution in [3.63, 3.8) is 0 Å². The van der Waals surface area contributed by atoms with Crippen molar-refractivity contribution in [1.29, 1.82) is 0 Å². The highest BCUT2D eigenvalue weighted by Gasteiger charge is 2.29. The van der Waals surface area contributed by atoms with Crippen LogP contribution in [0.1, 0.15) is 19.8 Å². The van der Waals surface area contributed by atoms with E-state index in [9.17, 15) is 8.42 Å². The van der Waals surface area contributed by atoms with Crippen molar-refractivity contribution in [3.05, 3.63) is 0 Å². The molecule has 0 bridgehead atoms. The van der Waals surface area contributed by atoms with Gasteiger partial charge in [-0.25, -0.2) is 0 Å². The summed E-state index contributed by atoms with van der Waals surface area (Å²) in [6.07, 6.45) is 1.49. The predicted octanol–water partition coefficient (Wildman–Crippen LogP) is -0.460. The average molecular weight is 265 g/mol. The van der Waals surface area contributed by atoms with Crippen LogP contribution in [-0.4, -0.2) is 58.7 Å². The minimum absolute atomic E-state index is 0.0458. The van der Waals surface area contributed by atoms with Crippen LogP contribution in [-0.2, 0) is 14.9 Å². The van der Waals surface area contributed by atoms with Crippen LogP contribution in [0, 0.1) is 0 Å². The first-order valence-corrected chi connectivity index (χ1v) is 7.41. The fourth-order valence-corrected chi connectivity index (χ4v) is 3.01. The number of hydrogen-bond donors (Lipinski definition) is 2. The summed E-state index contributed by atoms with van der Waals surface area (Å²) in [6, 6.07) is -0.105. The van der Waals surface area contributed by atoms with Crippen LogP contribution in [0.2, 0.25) is 0 Å². The van der Waals surface area contributed by atoms with Gasteiger partial charge in [-0.2, -0.15) is 17.4 Å². The lowest BCUT2D eigenvalue weighted by Crippen LogP contribution is -2.46. The van der Waals surface area contributed by atoms with Crippen LogP contribution in [0.3, 0.4) is 0 Å². The van der Waals surface area contributed by atoms with E-state index in [2.05, 4.69) is 10.0 Å². The summed E-state index contributed by atoms with van der Waals surface area (Å²) in [5.41, 5.74) is 0. The minimum atomic E-state index is -3.38. The van der Waals surface area contributed by atoms with E-state index in [0.29, 0.717) is 13.2 Å². The molecule has 0 aromatic heterocycles. The van der Waals surface area contributed by atoms with Gasteiger partial charge in [-0.3, -0.25) is 0 Å². The molecule has 0 aromatic carbocycles. The quantitative estimate of drug-likeness (QED) is 0.611. The molecule has 0 aromatic rings. The first kappa shape index (κ1) is 14.8. The SMILES string of the molecule is CNCCCN(C)S(=O)(=O)NC1CCOC1C. The average Bonchev–Trinajstić information content (AvgIpc) is 2.64. The van der Waals surface area contributed by atoms with Crippen LogP contribution < -0.4 is 10.0 Å². The maximum Gasteiger partial charge on any atom is 0.279 e. The fraction of sp³-hybridized carbons (Fsp3) is 1.00. The van der Waals surface area contributed by atoms with Crippen molar-refractivity contribution in [2.24, 2.45) is 0 Å². The normalized spacial score (nSPS) is 25.6. The third-order valence-electron chi connectivity index (χ3n) is 2.99. The second-order valence-electron chi connectivity index (χ2n) is 4.37. The highest BCUT2D eigenvalue weighted by molar-refractivity contribution is 7.87. The molecule has 1 aliphatic heterocycles. The van der Waals surface area contributed by atoms with Gasteiger partial charge in [0.2, 0.25) is 0 Å². The smallest absolute Gasteiger partial charge is 0.279 e. The maximum atomic E-state index is 12.0. The topological polar surface area (TPSA) is 70.7 Å². The van der Waals surface area contributed by atoms with Crippen LogP contribution in [0.25, 0.3) is 0 Å². The Bertz CT molecular complexity index is 321. The molecule has 2 unspecified atom stereocenters. The Kier molecular flexibility index (Phi) is 5.81. The van der Waals surface area contributed by atoms with Gasteiger partial charge in [0.05, 0.1) is 12.1 Å². The summed E-state index contributed by atoms with van der Waals surface area (Å²) in [5, 5.41) is 2.99. The molecule has 7 heteroatoms. The molecule has 2 N–H and O–H groups in total. The molecule has 6 nitrogen and oxygen atoms in total. The molecule has 1 saturated heterocycles. The maximum absolute atomic E-state index is 12.0. The second-order valence-corrected chi connectivity index (χ2v) is 6.18. The van der Waals surface area contributed by atoms with Crippen LogP contribution in [0.5, 0.6) is 0 Å². The minimum Gasteiger partial charge on any atom is -0.377 e. The summed E-state index contributed by atoms with van der Waals surface area (Å²) < 4.78 is 33.3. The Morgan fingerprint density at radius 2 is 2.18 bits per heavy atom. The molecule has 1 fully saturated rings. The van der Waals surface area contributed by atoms with E-state index in [4.69, 9.17) is 4.74 Å². The van der Waals surface area contributed by atoms with Gasteiger partial charge < -0.3 is 10.1 Å². The molecule has 1 aliphatic rings. The Hall–Kier alpha value is -0.210. The number of ether oxygens (including phenoxy) is 1. The molecule has 1 rings (SSSR count). The highest BCUT2D eigenvalue weighted by Crippen LogP contribution is 2.14. The first-order valence-electron chi connectivity index (χ1n) is 5.97. The van der Waals surface area contributed by atoms with Gasteiger partial charge in [0, 0.05) is 20.2 Å². The molecular weight excluding hydrogens is 242 g/mol. The Morgan fingerprint density at radius 3 is 2.71 bits per heavy atom. The Labute approximate surface area is 104 Å². The number of rotatable bonds is 7. The zero-order valence-corrected chi connectivity index (χ0v) is 11.6. The van der Waals surface area contributed by atoms with Crippen molar-refractivity contribution < 1.29 is 13.2 Å². The number of nitrogens with one attached hydrogen (secondary N) is 2.